The first-order valence-corrected chi connectivity index (χ1v) is 18.0. The van der Waals surface area contributed by atoms with Crippen LogP contribution in [0.25, 0.3) is 0 Å². The van der Waals surface area contributed by atoms with E-state index in [2.05, 4.69) is 44.7 Å². The third-order valence-corrected chi connectivity index (χ3v) is 9.81. The van der Waals surface area contributed by atoms with Gasteiger partial charge in [-0.15, -0.1) is 22.7 Å². The number of carbonyl (C=O) groups is 4. The lowest BCUT2D eigenvalue weighted by atomic mass is 10.0. The topological polar surface area (TPSA) is 146 Å². The minimum Gasteiger partial charge on any atom is -0.351 e. The summed E-state index contributed by atoms with van der Waals surface area (Å²) in [5, 5.41) is 13.8. The number of hydrogen-bond acceptors (Lipinski definition) is 9. The summed E-state index contributed by atoms with van der Waals surface area (Å²) in [6, 6.07) is 12.6. The molecule has 1 aromatic carbocycles. The third-order valence-electron chi connectivity index (χ3n) is 7.89. The zero-order valence-electron chi connectivity index (χ0n) is 27.2. The first-order valence-electron chi connectivity index (χ1n) is 16.2. The van der Waals surface area contributed by atoms with Crippen LogP contribution in [0.3, 0.4) is 0 Å². The third kappa shape index (κ3) is 10.0. The van der Waals surface area contributed by atoms with Gasteiger partial charge in [0, 0.05) is 49.2 Å². The van der Waals surface area contributed by atoms with Crippen molar-refractivity contribution >= 4 is 46.3 Å². The molecule has 0 spiro atoms. The maximum absolute atomic E-state index is 13.5. The Morgan fingerprint density at radius 3 is 2.27 bits per heavy atom. The molecule has 1 aliphatic rings. The minimum absolute atomic E-state index is 0.0631. The maximum Gasteiger partial charge on any atom is 0.271 e. The molecule has 4 aromatic rings. The molecule has 2 atom stereocenters. The van der Waals surface area contributed by atoms with Gasteiger partial charge in [-0.3, -0.25) is 24.2 Å². The Morgan fingerprint density at radius 1 is 0.875 bits per heavy atom. The number of aromatic nitrogens is 3. The van der Waals surface area contributed by atoms with Gasteiger partial charge >= 0.3 is 0 Å². The molecule has 0 saturated heterocycles. The van der Waals surface area contributed by atoms with Crippen molar-refractivity contribution in [3.8, 4) is 0 Å². The summed E-state index contributed by atoms with van der Waals surface area (Å²) in [6.45, 7) is 5.32. The van der Waals surface area contributed by atoms with Crippen LogP contribution in [0.2, 0.25) is 0 Å². The number of fused-ring (bicyclic) bond motifs is 4. The Kier molecular flexibility index (Phi) is 12.4. The van der Waals surface area contributed by atoms with E-state index in [4.69, 9.17) is 0 Å². The number of nitrogens with zero attached hydrogens (tertiary/aromatic N) is 4. The second-order valence-corrected chi connectivity index (χ2v) is 14.0. The van der Waals surface area contributed by atoms with E-state index in [1.807, 2.05) is 36.4 Å². The second-order valence-electron chi connectivity index (χ2n) is 12.2. The standard InChI is InChI=1S/C35H41N7O4S2/c1-23(2)17-26-34-41-29(22-48-34)33(46)39-27(18-24-9-4-3-5-10-24)35-40-28(21-47-35)32(45)37-14-8-16-42(15-7-12-30(43)38-26)31(44)19-25-11-6-13-36-20-25/h3-6,9-11,13,20-23,26-27H,7-8,12,14-19H2,1-2H3,(H,37,45)(H,38,43)(H,39,46)/t26-,27-/m0/s1. The number of thiazole rings is 2. The predicted molar refractivity (Wildman–Crippen MR) is 186 cm³/mol. The highest BCUT2D eigenvalue weighted by Gasteiger charge is 2.25. The van der Waals surface area contributed by atoms with Gasteiger partial charge < -0.3 is 20.9 Å². The molecule has 48 heavy (non-hydrogen) atoms. The Balaban J connectivity index is 1.39. The van der Waals surface area contributed by atoms with Crippen LogP contribution in [-0.2, 0) is 22.4 Å². The van der Waals surface area contributed by atoms with Crippen LogP contribution in [0.5, 0.6) is 0 Å². The fourth-order valence-corrected chi connectivity index (χ4v) is 7.20. The van der Waals surface area contributed by atoms with Gasteiger partial charge in [0.2, 0.25) is 11.8 Å². The fraction of sp³-hybridized carbons (Fsp3) is 0.400. The van der Waals surface area contributed by atoms with E-state index in [1.54, 1.807) is 34.1 Å². The first-order chi connectivity index (χ1) is 23.2. The number of pyridine rings is 1. The van der Waals surface area contributed by atoms with Crippen LogP contribution in [-0.4, -0.2) is 63.1 Å². The lowest BCUT2D eigenvalue weighted by Gasteiger charge is -2.23. The van der Waals surface area contributed by atoms with Gasteiger partial charge in [0.25, 0.3) is 11.8 Å². The van der Waals surface area contributed by atoms with Gasteiger partial charge in [-0.2, -0.15) is 0 Å². The van der Waals surface area contributed by atoms with Crippen molar-refractivity contribution in [1.82, 2.24) is 35.8 Å². The molecule has 11 nitrogen and oxygen atoms in total. The average molecular weight is 688 g/mol. The summed E-state index contributed by atoms with van der Waals surface area (Å²) in [7, 11) is 0. The van der Waals surface area contributed by atoms with E-state index in [0.29, 0.717) is 55.3 Å². The summed E-state index contributed by atoms with van der Waals surface area (Å²) in [5.41, 5.74) is 2.36. The smallest absolute Gasteiger partial charge is 0.271 e. The summed E-state index contributed by atoms with van der Waals surface area (Å²) in [6.07, 6.45) is 5.92. The Bertz CT molecular complexity index is 1680. The number of benzene rings is 1. The quantitative estimate of drug-likeness (QED) is 0.262. The summed E-state index contributed by atoms with van der Waals surface area (Å²) in [4.78, 5) is 68.3. The normalized spacial score (nSPS) is 18.4. The number of rotatable bonds is 6. The molecule has 0 fully saturated rings. The number of nitrogens with one attached hydrogen (secondary N) is 3. The summed E-state index contributed by atoms with van der Waals surface area (Å²) in [5.74, 6) is -0.597. The molecule has 3 aromatic heterocycles. The molecule has 3 N–H and O–H groups in total. The number of amides is 4. The molecule has 5 rings (SSSR count). The summed E-state index contributed by atoms with van der Waals surface area (Å²) < 4.78 is 0. The van der Waals surface area contributed by atoms with Crippen LogP contribution >= 0.6 is 22.7 Å². The molecular weight excluding hydrogens is 647 g/mol. The average Bonchev–Trinajstić information content (AvgIpc) is 3.77. The van der Waals surface area contributed by atoms with Crippen molar-refractivity contribution < 1.29 is 19.2 Å². The first kappa shape index (κ1) is 34.8. The van der Waals surface area contributed by atoms with E-state index >= 15 is 0 Å². The van der Waals surface area contributed by atoms with Crippen molar-refractivity contribution in [2.45, 2.75) is 64.5 Å². The summed E-state index contributed by atoms with van der Waals surface area (Å²) >= 11 is 2.66. The molecular formula is C35H41N7O4S2. The van der Waals surface area contributed by atoms with Crippen LogP contribution in [0.15, 0.2) is 65.6 Å². The molecule has 0 unspecified atom stereocenters. The van der Waals surface area contributed by atoms with E-state index < -0.39 is 6.04 Å². The van der Waals surface area contributed by atoms with Gasteiger partial charge in [0.05, 0.1) is 18.5 Å². The van der Waals surface area contributed by atoms with Crippen molar-refractivity contribution in [2.24, 2.45) is 5.92 Å². The molecule has 0 saturated carbocycles. The van der Waals surface area contributed by atoms with E-state index in [0.717, 1.165) is 11.1 Å². The van der Waals surface area contributed by atoms with Crippen LogP contribution in [0.1, 0.15) is 93.7 Å². The fourth-order valence-electron chi connectivity index (χ4n) is 5.49. The molecule has 1 aliphatic heterocycles. The van der Waals surface area contributed by atoms with Crippen LogP contribution < -0.4 is 16.0 Å². The van der Waals surface area contributed by atoms with Gasteiger partial charge in [-0.05, 0) is 48.8 Å². The molecule has 0 radical (unpaired) electrons. The highest BCUT2D eigenvalue weighted by atomic mass is 32.1. The van der Waals surface area contributed by atoms with Crippen molar-refractivity contribution in [3.05, 3.63) is 98.1 Å². The molecule has 4 bridgehead atoms. The monoisotopic (exact) mass is 687 g/mol. The van der Waals surface area contributed by atoms with E-state index in [9.17, 15) is 19.2 Å². The molecule has 252 valence electrons. The van der Waals surface area contributed by atoms with E-state index in [-0.39, 0.29) is 59.8 Å². The van der Waals surface area contributed by atoms with Gasteiger partial charge in [0.1, 0.15) is 21.4 Å². The molecule has 13 heteroatoms. The van der Waals surface area contributed by atoms with Gasteiger partial charge in [0.15, 0.2) is 0 Å². The maximum atomic E-state index is 13.5. The van der Waals surface area contributed by atoms with Crippen LogP contribution in [0.4, 0.5) is 0 Å². The van der Waals surface area contributed by atoms with Gasteiger partial charge in [-0.25, -0.2) is 9.97 Å². The van der Waals surface area contributed by atoms with Crippen molar-refractivity contribution in [3.63, 3.8) is 0 Å². The van der Waals surface area contributed by atoms with Crippen molar-refractivity contribution in [1.29, 1.82) is 0 Å². The Morgan fingerprint density at radius 2 is 1.56 bits per heavy atom. The predicted octanol–water partition coefficient (Wildman–Crippen LogP) is 4.90. The number of carbonyl (C=O) groups excluding carboxylic acids is 4. The second kappa shape index (κ2) is 17.1. The Labute approximate surface area is 288 Å². The highest BCUT2D eigenvalue weighted by Crippen LogP contribution is 2.27. The van der Waals surface area contributed by atoms with Crippen LogP contribution in [0, 0.1) is 5.92 Å². The lowest BCUT2D eigenvalue weighted by molar-refractivity contribution is -0.131. The molecule has 4 amide bonds. The molecule has 4 heterocycles. The minimum atomic E-state index is -0.490. The molecule has 0 aliphatic carbocycles. The van der Waals surface area contributed by atoms with E-state index in [1.165, 1.54) is 22.7 Å². The zero-order chi connectivity index (χ0) is 33.9. The zero-order valence-corrected chi connectivity index (χ0v) is 28.8. The highest BCUT2D eigenvalue weighted by molar-refractivity contribution is 7.10. The number of hydrogen-bond donors (Lipinski definition) is 3. The Hall–Kier alpha value is -4.49. The van der Waals surface area contributed by atoms with Gasteiger partial charge in [-0.1, -0.05) is 50.2 Å². The lowest BCUT2D eigenvalue weighted by Crippen LogP contribution is -2.37. The van der Waals surface area contributed by atoms with Crippen molar-refractivity contribution in [2.75, 3.05) is 19.6 Å². The SMILES string of the molecule is CC(C)C[C@@H]1NC(=O)CCCN(C(=O)Cc2cccnc2)CCCNC(=O)c2csc(n2)[C@H](Cc2ccccc2)NC(=O)c2csc1n2. The largest absolute Gasteiger partial charge is 0.351 e.